The molecular formula is C19H12N2O4. The van der Waals surface area contributed by atoms with E-state index in [-0.39, 0.29) is 17.9 Å². The molecule has 2 aromatic rings. The van der Waals surface area contributed by atoms with Crippen LogP contribution in [0.25, 0.3) is 10.8 Å². The number of carbonyl (C=O) groups is 4. The molecule has 2 aliphatic rings. The summed E-state index contributed by atoms with van der Waals surface area (Å²) in [6, 6.07) is 10.2. The summed E-state index contributed by atoms with van der Waals surface area (Å²) < 4.78 is 0. The Labute approximate surface area is 142 Å². The quantitative estimate of drug-likeness (QED) is 0.623. The normalized spacial score (nSPS) is 17.5. The molecule has 2 aliphatic heterocycles. The van der Waals surface area contributed by atoms with E-state index in [1.165, 1.54) is 12.2 Å². The van der Waals surface area contributed by atoms with E-state index in [0.717, 1.165) is 9.80 Å². The van der Waals surface area contributed by atoms with Gasteiger partial charge in [-0.25, -0.2) is 9.80 Å². The first-order valence-corrected chi connectivity index (χ1v) is 7.62. The zero-order valence-corrected chi connectivity index (χ0v) is 13.1. The molecule has 2 aromatic carbocycles. The van der Waals surface area contributed by atoms with Crippen molar-refractivity contribution in [3.63, 3.8) is 0 Å². The van der Waals surface area contributed by atoms with E-state index in [1.807, 2.05) is 0 Å². The number of fused-ring (bicyclic) bond motifs is 1. The summed E-state index contributed by atoms with van der Waals surface area (Å²) in [5, 5.41) is 1.20. The third-order valence-corrected chi connectivity index (χ3v) is 4.29. The average Bonchev–Trinajstić information content (AvgIpc) is 3.05. The van der Waals surface area contributed by atoms with Crippen LogP contribution in [0.3, 0.4) is 0 Å². The fourth-order valence-corrected chi connectivity index (χ4v) is 3.16. The molecule has 0 aliphatic carbocycles. The van der Waals surface area contributed by atoms with Crippen molar-refractivity contribution >= 4 is 45.8 Å². The van der Waals surface area contributed by atoms with Crippen LogP contribution in [-0.4, -0.2) is 23.6 Å². The summed E-state index contributed by atoms with van der Waals surface area (Å²) in [7, 11) is 0. The van der Waals surface area contributed by atoms with Crippen molar-refractivity contribution in [2.45, 2.75) is 6.42 Å². The molecule has 0 N–H and O–H groups in total. The van der Waals surface area contributed by atoms with E-state index in [4.69, 9.17) is 0 Å². The largest absolute Gasteiger partial charge is 0.274 e. The zero-order valence-electron chi connectivity index (χ0n) is 13.1. The number of benzene rings is 2. The van der Waals surface area contributed by atoms with Gasteiger partial charge in [-0.15, -0.1) is 0 Å². The van der Waals surface area contributed by atoms with Crippen LogP contribution in [0.5, 0.6) is 0 Å². The number of anilines is 2. The van der Waals surface area contributed by atoms with Crippen LogP contribution in [0.1, 0.15) is 6.42 Å². The summed E-state index contributed by atoms with van der Waals surface area (Å²) in [5.41, 5.74) is 1.07. The van der Waals surface area contributed by atoms with Gasteiger partial charge >= 0.3 is 0 Å². The summed E-state index contributed by atoms with van der Waals surface area (Å²) in [5.74, 6) is -1.63. The van der Waals surface area contributed by atoms with E-state index in [2.05, 4.69) is 6.58 Å². The Morgan fingerprint density at radius 3 is 1.76 bits per heavy atom. The van der Waals surface area contributed by atoms with Crippen molar-refractivity contribution in [3.05, 3.63) is 60.7 Å². The minimum Gasteiger partial charge on any atom is -0.274 e. The standard InChI is InChI=1S/C19H12N2O4/c1-11-10-18(24)21(19(11)25)15-7-3-4-12-13(15)5-2-6-14(12)20-16(22)8-9-17(20)23/h2-9H,1,10H2. The first-order valence-electron chi connectivity index (χ1n) is 7.62. The first-order chi connectivity index (χ1) is 12.0. The second kappa shape index (κ2) is 5.24. The molecule has 1 saturated heterocycles. The molecule has 122 valence electrons. The Bertz CT molecular complexity index is 1020. The Hall–Kier alpha value is -3.54. The summed E-state index contributed by atoms with van der Waals surface area (Å²) in [4.78, 5) is 50.7. The lowest BCUT2D eigenvalue weighted by atomic mass is 10.1. The molecule has 1 fully saturated rings. The molecule has 0 aromatic heterocycles. The van der Waals surface area contributed by atoms with Crippen molar-refractivity contribution < 1.29 is 19.2 Å². The highest BCUT2D eigenvalue weighted by molar-refractivity contribution is 6.32. The number of carbonyl (C=O) groups excluding carboxylic acids is 4. The van der Waals surface area contributed by atoms with E-state index in [1.54, 1.807) is 36.4 Å². The molecule has 0 atom stereocenters. The lowest BCUT2D eigenvalue weighted by Gasteiger charge is -2.20. The molecule has 0 spiro atoms. The molecule has 25 heavy (non-hydrogen) atoms. The van der Waals surface area contributed by atoms with Crippen molar-refractivity contribution in [2.24, 2.45) is 0 Å². The number of hydrogen-bond acceptors (Lipinski definition) is 4. The molecular weight excluding hydrogens is 320 g/mol. The van der Waals surface area contributed by atoms with Gasteiger partial charge in [0.25, 0.3) is 17.7 Å². The highest BCUT2D eigenvalue weighted by Crippen LogP contribution is 2.36. The molecule has 6 heteroatoms. The molecule has 0 unspecified atom stereocenters. The van der Waals surface area contributed by atoms with E-state index in [9.17, 15) is 19.2 Å². The fourth-order valence-electron chi connectivity index (χ4n) is 3.16. The van der Waals surface area contributed by atoms with Crippen molar-refractivity contribution in [2.75, 3.05) is 9.80 Å². The number of rotatable bonds is 2. The van der Waals surface area contributed by atoms with E-state index in [0.29, 0.717) is 22.1 Å². The van der Waals surface area contributed by atoms with Gasteiger partial charge in [0, 0.05) is 28.5 Å². The van der Waals surface area contributed by atoms with Gasteiger partial charge in [0.2, 0.25) is 5.91 Å². The Balaban J connectivity index is 1.93. The molecule has 6 nitrogen and oxygen atoms in total. The zero-order chi connectivity index (χ0) is 17.7. The maximum Gasteiger partial charge on any atom is 0.260 e. The minimum absolute atomic E-state index is 0.0120. The van der Waals surface area contributed by atoms with Gasteiger partial charge in [-0.2, -0.15) is 0 Å². The molecule has 0 radical (unpaired) electrons. The number of hydrogen-bond donors (Lipinski definition) is 0. The van der Waals surface area contributed by atoms with Gasteiger partial charge in [-0.3, -0.25) is 19.2 Å². The van der Waals surface area contributed by atoms with Crippen LogP contribution < -0.4 is 9.80 Å². The topological polar surface area (TPSA) is 74.8 Å². The average molecular weight is 332 g/mol. The van der Waals surface area contributed by atoms with Crippen LogP contribution in [-0.2, 0) is 19.2 Å². The Morgan fingerprint density at radius 2 is 1.28 bits per heavy atom. The smallest absolute Gasteiger partial charge is 0.260 e. The second-order valence-electron chi connectivity index (χ2n) is 5.81. The van der Waals surface area contributed by atoms with Gasteiger partial charge in [-0.05, 0) is 12.1 Å². The van der Waals surface area contributed by atoms with E-state index < -0.39 is 17.7 Å². The third kappa shape index (κ3) is 2.11. The minimum atomic E-state index is -0.433. The molecule has 2 heterocycles. The maximum atomic E-state index is 12.3. The monoisotopic (exact) mass is 332 g/mol. The lowest BCUT2D eigenvalue weighted by molar-refractivity contribution is -0.122. The van der Waals surface area contributed by atoms with Crippen LogP contribution >= 0.6 is 0 Å². The predicted molar refractivity (Wildman–Crippen MR) is 91.8 cm³/mol. The van der Waals surface area contributed by atoms with Crippen LogP contribution in [0.4, 0.5) is 11.4 Å². The summed E-state index contributed by atoms with van der Waals surface area (Å²) in [6.07, 6.45) is 2.41. The van der Waals surface area contributed by atoms with Gasteiger partial charge in [0.05, 0.1) is 17.8 Å². The fraction of sp³-hybridized carbons (Fsp3) is 0.0526. The first kappa shape index (κ1) is 15.0. The van der Waals surface area contributed by atoms with Gasteiger partial charge in [0.1, 0.15) is 0 Å². The Morgan fingerprint density at radius 1 is 0.760 bits per heavy atom. The van der Waals surface area contributed by atoms with E-state index >= 15 is 0 Å². The highest BCUT2D eigenvalue weighted by Gasteiger charge is 2.35. The summed E-state index contributed by atoms with van der Waals surface area (Å²) >= 11 is 0. The van der Waals surface area contributed by atoms with Crippen molar-refractivity contribution in [1.82, 2.24) is 0 Å². The predicted octanol–water partition coefficient (Wildman–Crippen LogP) is 2.09. The van der Waals surface area contributed by atoms with Crippen LogP contribution in [0, 0.1) is 0 Å². The highest BCUT2D eigenvalue weighted by atomic mass is 16.2. The van der Waals surface area contributed by atoms with Crippen LogP contribution in [0.15, 0.2) is 60.7 Å². The Kier molecular flexibility index (Phi) is 3.15. The third-order valence-electron chi connectivity index (χ3n) is 4.29. The molecule has 0 saturated carbocycles. The van der Waals surface area contributed by atoms with Crippen molar-refractivity contribution in [1.29, 1.82) is 0 Å². The second-order valence-corrected chi connectivity index (χ2v) is 5.81. The van der Waals surface area contributed by atoms with Crippen molar-refractivity contribution in [3.8, 4) is 0 Å². The van der Waals surface area contributed by atoms with Crippen LogP contribution in [0.2, 0.25) is 0 Å². The SMILES string of the molecule is C=C1CC(=O)N(c2cccc3c(N4C(=O)C=CC4=O)cccc23)C1=O. The van der Waals surface area contributed by atoms with Gasteiger partial charge in [0.15, 0.2) is 0 Å². The number of imide groups is 2. The molecule has 0 bridgehead atoms. The maximum absolute atomic E-state index is 12.3. The molecule has 4 rings (SSSR count). The van der Waals surface area contributed by atoms with Gasteiger partial charge < -0.3 is 0 Å². The van der Waals surface area contributed by atoms with Gasteiger partial charge in [-0.1, -0.05) is 30.8 Å². The number of amides is 4. The molecule has 4 amide bonds. The number of nitrogens with zero attached hydrogens (tertiary/aromatic N) is 2. The summed E-state index contributed by atoms with van der Waals surface area (Å²) in [6.45, 7) is 3.62. The lowest BCUT2D eigenvalue weighted by Crippen LogP contribution is -2.30.